The van der Waals surface area contributed by atoms with Crippen molar-refractivity contribution in [3.63, 3.8) is 0 Å². The van der Waals surface area contributed by atoms with Crippen LogP contribution in [0, 0.1) is 0 Å². The zero-order valence-electron chi connectivity index (χ0n) is 10.3. The normalized spacial score (nSPS) is 32.5. The van der Waals surface area contributed by atoms with Crippen molar-refractivity contribution in [3.05, 3.63) is 0 Å². The SMILES string of the molecule is CCCC1(C(=O)NC2CNC(=O)C2)CCCN1. The highest BCUT2D eigenvalue weighted by Gasteiger charge is 2.41. The van der Waals surface area contributed by atoms with E-state index in [2.05, 4.69) is 22.9 Å². The molecule has 0 aromatic heterocycles. The highest BCUT2D eigenvalue weighted by Crippen LogP contribution is 2.25. The van der Waals surface area contributed by atoms with E-state index in [0.29, 0.717) is 13.0 Å². The van der Waals surface area contributed by atoms with Gasteiger partial charge in [-0.25, -0.2) is 0 Å². The third-order valence-corrected chi connectivity index (χ3v) is 3.67. The van der Waals surface area contributed by atoms with Crippen molar-refractivity contribution in [2.24, 2.45) is 0 Å². The maximum atomic E-state index is 12.3. The van der Waals surface area contributed by atoms with Gasteiger partial charge < -0.3 is 16.0 Å². The van der Waals surface area contributed by atoms with Gasteiger partial charge in [0.1, 0.15) is 0 Å². The van der Waals surface area contributed by atoms with Gasteiger partial charge in [0.25, 0.3) is 0 Å². The summed E-state index contributed by atoms with van der Waals surface area (Å²) >= 11 is 0. The van der Waals surface area contributed by atoms with E-state index >= 15 is 0 Å². The first-order valence-corrected chi connectivity index (χ1v) is 6.49. The molecule has 0 aliphatic carbocycles. The molecular weight excluding hydrogens is 218 g/mol. The fourth-order valence-electron chi connectivity index (χ4n) is 2.78. The molecule has 5 heteroatoms. The molecular formula is C12H21N3O2. The second-order valence-electron chi connectivity index (χ2n) is 5.04. The first-order valence-electron chi connectivity index (χ1n) is 6.49. The van der Waals surface area contributed by atoms with Crippen LogP contribution in [0.1, 0.15) is 39.0 Å². The van der Waals surface area contributed by atoms with Gasteiger partial charge >= 0.3 is 0 Å². The van der Waals surface area contributed by atoms with Crippen LogP contribution in [0.15, 0.2) is 0 Å². The summed E-state index contributed by atoms with van der Waals surface area (Å²) in [4.78, 5) is 23.4. The Bertz CT molecular complexity index is 311. The lowest BCUT2D eigenvalue weighted by atomic mass is 9.90. The van der Waals surface area contributed by atoms with Crippen LogP contribution in [-0.2, 0) is 9.59 Å². The maximum Gasteiger partial charge on any atom is 0.240 e. The first-order chi connectivity index (χ1) is 8.16. The van der Waals surface area contributed by atoms with Gasteiger partial charge in [0, 0.05) is 13.0 Å². The van der Waals surface area contributed by atoms with Crippen molar-refractivity contribution >= 4 is 11.8 Å². The van der Waals surface area contributed by atoms with E-state index in [0.717, 1.165) is 32.2 Å². The predicted octanol–water partition coefficient (Wildman–Crippen LogP) is -0.0866. The molecule has 0 saturated carbocycles. The minimum absolute atomic E-state index is 0.0271. The molecule has 2 unspecified atom stereocenters. The van der Waals surface area contributed by atoms with Crippen LogP contribution < -0.4 is 16.0 Å². The molecule has 2 aliphatic heterocycles. The molecule has 2 heterocycles. The summed E-state index contributed by atoms with van der Waals surface area (Å²) in [6.07, 6.45) is 4.22. The summed E-state index contributed by atoms with van der Waals surface area (Å²) in [6.45, 7) is 3.57. The Morgan fingerprint density at radius 2 is 2.41 bits per heavy atom. The Balaban J connectivity index is 1.94. The number of hydrogen-bond donors (Lipinski definition) is 3. The fraction of sp³-hybridized carbons (Fsp3) is 0.833. The highest BCUT2D eigenvalue weighted by molar-refractivity contribution is 5.88. The van der Waals surface area contributed by atoms with E-state index in [1.54, 1.807) is 0 Å². The lowest BCUT2D eigenvalue weighted by Crippen LogP contribution is -2.56. The first kappa shape index (κ1) is 12.4. The summed E-state index contributed by atoms with van der Waals surface area (Å²) in [6, 6.07) is -0.0360. The van der Waals surface area contributed by atoms with Gasteiger partial charge in [0.2, 0.25) is 11.8 Å². The van der Waals surface area contributed by atoms with Gasteiger partial charge in [-0.2, -0.15) is 0 Å². The molecule has 0 spiro atoms. The number of carbonyl (C=O) groups is 2. The molecule has 0 bridgehead atoms. The average molecular weight is 239 g/mol. The molecule has 2 atom stereocenters. The minimum atomic E-state index is -0.389. The second kappa shape index (κ2) is 5.04. The van der Waals surface area contributed by atoms with Crippen molar-refractivity contribution in [3.8, 4) is 0 Å². The van der Waals surface area contributed by atoms with E-state index in [1.807, 2.05) is 0 Å². The molecule has 2 fully saturated rings. The lowest BCUT2D eigenvalue weighted by Gasteiger charge is -2.29. The predicted molar refractivity (Wildman–Crippen MR) is 64.4 cm³/mol. The standard InChI is InChI=1S/C12H21N3O2/c1-2-4-12(5-3-6-14-12)11(17)15-9-7-10(16)13-8-9/h9,14H,2-8H2,1H3,(H,13,16)(H,15,17). The van der Waals surface area contributed by atoms with E-state index in [4.69, 9.17) is 0 Å². The zero-order valence-corrected chi connectivity index (χ0v) is 10.3. The van der Waals surface area contributed by atoms with Crippen LogP contribution in [0.2, 0.25) is 0 Å². The topological polar surface area (TPSA) is 70.2 Å². The van der Waals surface area contributed by atoms with Gasteiger partial charge in [-0.15, -0.1) is 0 Å². The summed E-state index contributed by atoms with van der Waals surface area (Å²) in [5, 5.41) is 9.07. The van der Waals surface area contributed by atoms with Gasteiger partial charge in [0.05, 0.1) is 11.6 Å². The third-order valence-electron chi connectivity index (χ3n) is 3.67. The van der Waals surface area contributed by atoms with E-state index in [9.17, 15) is 9.59 Å². The number of hydrogen-bond acceptors (Lipinski definition) is 3. The molecule has 2 rings (SSSR count). The zero-order chi connectivity index (χ0) is 12.3. The van der Waals surface area contributed by atoms with Crippen LogP contribution in [0.25, 0.3) is 0 Å². The van der Waals surface area contributed by atoms with Gasteiger partial charge in [-0.05, 0) is 25.8 Å². The van der Waals surface area contributed by atoms with Gasteiger partial charge in [-0.3, -0.25) is 9.59 Å². The molecule has 96 valence electrons. The van der Waals surface area contributed by atoms with Gasteiger partial charge in [-0.1, -0.05) is 13.3 Å². The Hall–Kier alpha value is -1.10. The monoisotopic (exact) mass is 239 g/mol. The molecule has 2 saturated heterocycles. The molecule has 2 aliphatic rings. The number of rotatable bonds is 4. The molecule has 3 N–H and O–H groups in total. The smallest absolute Gasteiger partial charge is 0.240 e. The van der Waals surface area contributed by atoms with Crippen molar-refractivity contribution in [1.82, 2.24) is 16.0 Å². The van der Waals surface area contributed by atoms with Gasteiger partial charge in [0.15, 0.2) is 0 Å². The molecule has 17 heavy (non-hydrogen) atoms. The largest absolute Gasteiger partial charge is 0.354 e. The van der Waals surface area contributed by atoms with E-state index in [-0.39, 0.29) is 23.4 Å². The van der Waals surface area contributed by atoms with Crippen molar-refractivity contribution in [2.75, 3.05) is 13.1 Å². The molecule has 0 aromatic carbocycles. The van der Waals surface area contributed by atoms with Crippen LogP contribution in [0.4, 0.5) is 0 Å². The Labute approximate surface area is 102 Å². The minimum Gasteiger partial charge on any atom is -0.354 e. The fourth-order valence-corrected chi connectivity index (χ4v) is 2.78. The van der Waals surface area contributed by atoms with Crippen molar-refractivity contribution in [2.45, 2.75) is 50.6 Å². The van der Waals surface area contributed by atoms with Crippen LogP contribution in [0.3, 0.4) is 0 Å². The Kier molecular flexibility index (Phi) is 3.66. The Morgan fingerprint density at radius 1 is 1.59 bits per heavy atom. The summed E-state index contributed by atoms with van der Waals surface area (Å²) in [5.74, 6) is 0.0950. The summed E-state index contributed by atoms with van der Waals surface area (Å²) in [5.41, 5.74) is -0.389. The van der Waals surface area contributed by atoms with E-state index < -0.39 is 0 Å². The second-order valence-corrected chi connectivity index (χ2v) is 5.04. The number of nitrogens with one attached hydrogen (secondary N) is 3. The van der Waals surface area contributed by atoms with Crippen molar-refractivity contribution in [1.29, 1.82) is 0 Å². The average Bonchev–Trinajstić information content (AvgIpc) is 2.89. The maximum absolute atomic E-state index is 12.3. The summed E-state index contributed by atoms with van der Waals surface area (Å²) in [7, 11) is 0. The van der Waals surface area contributed by atoms with E-state index in [1.165, 1.54) is 0 Å². The Morgan fingerprint density at radius 3 is 2.94 bits per heavy atom. The van der Waals surface area contributed by atoms with Crippen LogP contribution in [0.5, 0.6) is 0 Å². The third kappa shape index (κ3) is 2.60. The molecule has 5 nitrogen and oxygen atoms in total. The molecule has 0 radical (unpaired) electrons. The quantitative estimate of drug-likeness (QED) is 0.642. The van der Waals surface area contributed by atoms with Crippen molar-refractivity contribution < 1.29 is 9.59 Å². The molecule has 2 amide bonds. The molecule has 0 aromatic rings. The number of amides is 2. The number of carbonyl (C=O) groups excluding carboxylic acids is 2. The summed E-state index contributed by atoms with van der Waals surface area (Å²) < 4.78 is 0. The highest BCUT2D eigenvalue weighted by atomic mass is 16.2. The van der Waals surface area contributed by atoms with Crippen LogP contribution >= 0.6 is 0 Å². The van der Waals surface area contributed by atoms with Crippen LogP contribution in [-0.4, -0.2) is 36.5 Å². The lowest BCUT2D eigenvalue weighted by molar-refractivity contribution is -0.128.